The Morgan fingerprint density at radius 1 is 0.950 bits per heavy atom. The number of pyridine rings is 1. The molecule has 40 heavy (non-hydrogen) atoms. The molecule has 3 aromatic rings. The fourth-order valence-electron chi connectivity index (χ4n) is 5.16. The quantitative estimate of drug-likeness (QED) is 0.422. The van der Waals surface area contributed by atoms with Gasteiger partial charge < -0.3 is 15.0 Å². The Labute approximate surface area is 240 Å². The summed E-state index contributed by atoms with van der Waals surface area (Å²) >= 11 is 4.30. The number of nitriles is 1. The number of piperidine rings is 2. The number of amides is 2. The molecule has 0 atom stereocenters. The Bertz CT molecular complexity index is 1340. The summed E-state index contributed by atoms with van der Waals surface area (Å²) in [5, 5.41) is 12.1. The summed E-state index contributed by atoms with van der Waals surface area (Å²) in [6.45, 7) is 3.81. The first-order chi connectivity index (χ1) is 19.5. The van der Waals surface area contributed by atoms with Crippen molar-refractivity contribution < 1.29 is 14.3 Å². The molecule has 0 aliphatic carbocycles. The van der Waals surface area contributed by atoms with Gasteiger partial charge in [-0.2, -0.15) is 5.26 Å². The Morgan fingerprint density at radius 2 is 1.65 bits per heavy atom. The van der Waals surface area contributed by atoms with E-state index in [-0.39, 0.29) is 24.0 Å². The first kappa shape index (κ1) is 27.7. The highest BCUT2D eigenvalue weighted by Crippen LogP contribution is 2.21. The predicted octanol–water partition coefficient (Wildman–Crippen LogP) is 4.32. The number of likely N-dealkylation sites (tertiary alicyclic amines) is 2. The van der Waals surface area contributed by atoms with Crippen LogP contribution in [0.15, 0.2) is 71.8 Å². The van der Waals surface area contributed by atoms with Crippen molar-refractivity contribution in [3.8, 4) is 11.8 Å². The van der Waals surface area contributed by atoms with Crippen LogP contribution in [0.5, 0.6) is 5.75 Å². The molecule has 206 valence electrons. The van der Waals surface area contributed by atoms with Crippen LogP contribution < -0.4 is 10.1 Å². The van der Waals surface area contributed by atoms with Gasteiger partial charge in [0.2, 0.25) is 0 Å². The molecule has 9 heteroatoms. The Hall–Kier alpha value is -3.87. The van der Waals surface area contributed by atoms with Crippen molar-refractivity contribution in [3.05, 3.63) is 89.2 Å². The zero-order valence-electron chi connectivity index (χ0n) is 22.3. The third-order valence-electron chi connectivity index (χ3n) is 7.53. The van der Waals surface area contributed by atoms with Crippen molar-refractivity contribution in [2.24, 2.45) is 0 Å². The van der Waals surface area contributed by atoms with Gasteiger partial charge in [0.25, 0.3) is 11.8 Å². The minimum Gasteiger partial charge on any atom is -0.490 e. The molecule has 1 N–H and O–H groups in total. The fourth-order valence-corrected chi connectivity index (χ4v) is 5.31. The van der Waals surface area contributed by atoms with Crippen LogP contribution in [0.4, 0.5) is 0 Å². The van der Waals surface area contributed by atoms with Gasteiger partial charge in [-0.15, -0.1) is 12.6 Å². The van der Waals surface area contributed by atoms with Gasteiger partial charge in [0.05, 0.1) is 17.2 Å². The van der Waals surface area contributed by atoms with Crippen LogP contribution in [-0.2, 0) is 6.54 Å². The van der Waals surface area contributed by atoms with E-state index in [1.165, 1.54) is 11.8 Å². The van der Waals surface area contributed by atoms with E-state index in [1.54, 1.807) is 17.0 Å². The second-order valence-corrected chi connectivity index (χ2v) is 10.9. The average Bonchev–Trinajstić information content (AvgIpc) is 3.00. The first-order valence-corrected chi connectivity index (χ1v) is 14.1. The molecule has 5 rings (SSSR count). The highest BCUT2D eigenvalue weighted by Gasteiger charge is 2.26. The van der Waals surface area contributed by atoms with Crippen molar-refractivity contribution in [2.75, 3.05) is 26.2 Å². The van der Waals surface area contributed by atoms with Gasteiger partial charge in [-0.25, -0.2) is 0 Å². The highest BCUT2D eigenvalue weighted by atomic mass is 32.1. The van der Waals surface area contributed by atoms with Crippen LogP contribution in [0.25, 0.3) is 0 Å². The van der Waals surface area contributed by atoms with Gasteiger partial charge in [0, 0.05) is 62.7 Å². The van der Waals surface area contributed by atoms with Gasteiger partial charge in [-0.1, -0.05) is 12.1 Å². The van der Waals surface area contributed by atoms with E-state index in [9.17, 15) is 9.59 Å². The number of carbonyl (C=O) groups excluding carboxylic acids is 2. The lowest BCUT2D eigenvalue weighted by Gasteiger charge is -2.32. The molecule has 2 aliphatic heterocycles. The molecule has 2 fully saturated rings. The second kappa shape index (κ2) is 13.0. The molecule has 0 spiro atoms. The zero-order valence-corrected chi connectivity index (χ0v) is 23.2. The van der Waals surface area contributed by atoms with Crippen molar-refractivity contribution in [1.82, 2.24) is 20.1 Å². The van der Waals surface area contributed by atoms with Crippen LogP contribution in [-0.4, -0.2) is 64.9 Å². The molecule has 1 aromatic heterocycles. The van der Waals surface area contributed by atoms with E-state index < -0.39 is 0 Å². The van der Waals surface area contributed by atoms with Gasteiger partial charge in [0.1, 0.15) is 17.5 Å². The van der Waals surface area contributed by atoms with E-state index in [4.69, 9.17) is 10.00 Å². The molecule has 2 amide bonds. The minimum absolute atomic E-state index is 0.0664. The molecule has 8 nitrogen and oxygen atoms in total. The van der Waals surface area contributed by atoms with Gasteiger partial charge >= 0.3 is 0 Å². The predicted molar refractivity (Wildman–Crippen MR) is 154 cm³/mol. The maximum atomic E-state index is 13.0. The number of ether oxygens (including phenoxy) is 1. The summed E-state index contributed by atoms with van der Waals surface area (Å²) in [4.78, 5) is 35.2. The number of aromatic nitrogens is 1. The van der Waals surface area contributed by atoms with Crippen molar-refractivity contribution in [1.29, 1.82) is 5.26 Å². The smallest absolute Gasteiger partial charge is 0.272 e. The first-order valence-electron chi connectivity index (χ1n) is 13.7. The largest absolute Gasteiger partial charge is 0.490 e. The summed E-state index contributed by atoms with van der Waals surface area (Å²) in [6, 6.07) is 20.9. The third kappa shape index (κ3) is 7.20. The minimum atomic E-state index is -0.166. The number of nitrogens with zero attached hydrogens (tertiary/aromatic N) is 4. The number of thiol groups is 1. The summed E-state index contributed by atoms with van der Waals surface area (Å²) in [7, 11) is 0. The average molecular weight is 556 g/mol. The van der Waals surface area contributed by atoms with E-state index in [1.807, 2.05) is 48.5 Å². The molecule has 2 aromatic carbocycles. The van der Waals surface area contributed by atoms with Gasteiger partial charge in [-0.3, -0.25) is 19.5 Å². The van der Waals surface area contributed by atoms with Crippen LogP contribution in [0, 0.1) is 11.3 Å². The van der Waals surface area contributed by atoms with Crippen LogP contribution in [0.3, 0.4) is 0 Å². The number of hydrogen-bond acceptors (Lipinski definition) is 7. The lowest BCUT2D eigenvalue weighted by molar-refractivity contribution is 0.0589. The summed E-state index contributed by atoms with van der Waals surface area (Å²) in [5.74, 6) is 0.521. The van der Waals surface area contributed by atoms with Crippen molar-refractivity contribution in [3.63, 3.8) is 0 Å². The molecule has 2 aliphatic rings. The molecule has 2 saturated heterocycles. The highest BCUT2D eigenvalue weighted by molar-refractivity contribution is 7.80. The van der Waals surface area contributed by atoms with Gasteiger partial charge in [0.15, 0.2) is 0 Å². The lowest BCUT2D eigenvalue weighted by Crippen LogP contribution is -2.44. The van der Waals surface area contributed by atoms with E-state index in [0.717, 1.165) is 56.0 Å². The maximum Gasteiger partial charge on any atom is 0.272 e. The molecule has 0 radical (unpaired) electrons. The molecule has 3 heterocycles. The second-order valence-electron chi connectivity index (χ2n) is 10.4. The summed E-state index contributed by atoms with van der Waals surface area (Å²) in [5.41, 5.74) is 2.64. The van der Waals surface area contributed by atoms with Crippen LogP contribution in [0.1, 0.15) is 57.7 Å². The normalized spacial score (nSPS) is 16.8. The topological polar surface area (TPSA) is 98.6 Å². The molecule has 0 bridgehead atoms. The number of benzene rings is 2. The SMILES string of the molecule is N#Cc1ccc(CN2CCC(NC(=O)c3ccc(C(=O)N4CCC(Oc5ccc(S)cc5)CC4)nc3)CC2)cc1. The standard InChI is InChI=1S/C31H33N5O3S/c32-19-22-1-3-23(4-2-22)21-35-15-11-25(12-16-35)34-30(37)24-5-10-29(33-20-24)31(38)36-17-13-27(14-18-36)39-26-6-8-28(40)9-7-26/h1-10,20,25,27,40H,11-18,21H2,(H,34,37). The van der Waals surface area contributed by atoms with Gasteiger partial charge in [-0.05, 0) is 66.9 Å². The third-order valence-corrected chi connectivity index (χ3v) is 7.82. The van der Waals surface area contributed by atoms with E-state index in [0.29, 0.717) is 29.9 Å². The Morgan fingerprint density at radius 3 is 2.27 bits per heavy atom. The number of rotatable bonds is 7. The number of nitrogens with one attached hydrogen (secondary N) is 1. The fraction of sp³-hybridized carbons (Fsp3) is 0.355. The monoisotopic (exact) mass is 555 g/mol. The zero-order chi connectivity index (χ0) is 27.9. The van der Waals surface area contributed by atoms with Crippen molar-refractivity contribution in [2.45, 2.75) is 49.3 Å². The Balaban J connectivity index is 1.05. The summed E-state index contributed by atoms with van der Waals surface area (Å²) in [6.07, 6.45) is 4.79. The lowest BCUT2D eigenvalue weighted by atomic mass is 10.0. The Kier molecular flexibility index (Phi) is 8.99. The molecular weight excluding hydrogens is 522 g/mol. The van der Waals surface area contributed by atoms with Crippen LogP contribution in [0.2, 0.25) is 0 Å². The number of carbonyl (C=O) groups is 2. The number of hydrogen-bond donors (Lipinski definition) is 2. The van der Waals surface area contributed by atoms with E-state index >= 15 is 0 Å². The maximum absolute atomic E-state index is 13.0. The van der Waals surface area contributed by atoms with Crippen molar-refractivity contribution >= 4 is 24.4 Å². The van der Waals surface area contributed by atoms with E-state index in [2.05, 4.69) is 33.9 Å². The molecule has 0 saturated carbocycles. The molecular formula is C31H33N5O3S. The molecule has 0 unspecified atom stereocenters. The summed E-state index contributed by atoms with van der Waals surface area (Å²) < 4.78 is 6.04. The van der Waals surface area contributed by atoms with Crippen LogP contribution >= 0.6 is 12.6 Å².